The number of carbonyl (C=O) groups is 1. The fourth-order valence-electron chi connectivity index (χ4n) is 2.04. The smallest absolute Gasteiger partial charge is 0.356 e. The highest BCUT2D eigenvalue weighted by Gasteiger charge is 2.13. The van der Waals surface area contributed by atoms with Gasteiger partial charge in [-0.05, 0) is 25.1 Å². The Kier molecular flexibility index (Phi) is 2.60. The first-order chi connectivity index (χ1) is 9.04. The SMILES string of the molecule is Cc1nc2ccc(-c3cc(C(=O)O)nn3C)cc2s1. The predicted molar refractivity (Wildman–Crippen MR) is 73.5 cm³/mol. The van der Waals surface area contributed by atoms with Gasteiger partial charge in [0.25, 0.3) is 0 Å². The van der Waals surface area contributed by atoms with E-state index in [0.29, 0.717) is 0 Å². The zero-order valence-electron chi connectivity index (χ0n) is 10.4. The third kappa shape index (κ3) is 2.00. The van der Waals surface area contributed by atoms with Crippen molar-refractivity contribution in [2.75, 3.05) is 0 Å². The number of thiazole rings is 1. The summed E-state index contributed by atoms with van der Waals surface area (Å²) >= 11 is 1.62. The summed E-state index contributed by atoms with van der Waals surface area (Å²) in [5.41, 5.74) is 2.74. The maximum absolute atomic E-state index is 10.9. The lowest BCUT2D eigenvalue weighted by Crippen LogP contribution is -1.99. The molecule has 0 aliphatic rings. The van der Waals surface area contributed by atoms with Crippen LogP contribution in [0.4, 0.5) is 0 Å². The maximum Gasteiger partial charge on any atom is 0.356 e. The van der Waals surface area contributed by atoms with Crippen LogP contribution in [0, 0.1) is 6.92 Å². The number of carboxylic acid groups (broad SMARTS) is 1. The largest absolute Gasteiger partial charge is 0.476 e. The van der Waals surface area contributed by atoms with Gasteiger partial charge in [0.15, 0.2) is 5.69 Å². The van der Waals surface area contributed by atoms with E-state index < -0.39 is 5.97 Å². The molecule has 1 N–H and O–H groups in total. The number of fused-ring (bicyclic) bond motifs is 1. The van der Waals surface area contributed by atoms with E-state index in [1.54, 1.807) is 29.1 Å². The summed E-state index contributed by atoms with van der Waals surface area (Å²) in [4.78, 5) is 15.3. The van der Waals surface area contributed by atoms with E-state index in [1.807, 2.05) is 25.1 Å². The molecule has 5 nitrogen and oxygen atoms in total. The molecule has 0 aliphatic heterocycles. The Hall–Kier alpha value is -2.21. The number of aromatic carboxylic acids is 1. The minimum Gasteiger partial charge on any atom is -0.476 e. The average Bonchev–Trinajstić information content (AvgIpc) is 2.90. The number of hydrogen-bond acceptors (Lipinski definition) is 4. The van der Waals surface area contributed by atoms with Gasteiger partial charge in [0.1, 0.15) is 0 Å². The van der Waals surface area contributed by atoms with Gasteiger partial charge in [-0.3, -0.25) is 4.68 Å². The summed E-state index contributed by atoms with van der Waals surface area (Å²) in [5.74, 6) is -1.02. The van der Waals surface area contributed by atoms with Crippen LogP contribution < -0.4 is 0 Å². The third-order valence-corrected chi connectivity index (χ3v) is 3.82. The van der Waals surface area contributed by atoms with Gasteiger partial charge in [0, 0.05) is 12.6 Å². The zero-order chi connectivity index (χ0) is 13.6. The highest BCUT2D eigenvalue weighted by molar-refractivity contribution is 7.18. The van der Waals surface area contributed by atoms with Gasteiger partial charge in [-0.1, -0.05) is 6.07 Å². The summed E-state index contributed by atoms with van der Waals surface area (Å²) < 4.78 is 2.67. The molecule has 2 aromatic heterocycles. The van der Waals surface area contributed by atoms with Crippen molar-refractivity contribution in [2.45, 2.75) is 6.92 Å². The fraction of sp³-hybridized carbons (Fsp3) is 0.154. The minimum atomic E-state index is -1.02. The molecule has 0 saturated heterocycles. The van der Waals surface area contributed by atoms with Gasteiger partial charge >= 0.3 is 5.97 Å². The number of nitrogens with zero attached hydrogens (tertiary/aromatic N) is 3. The molecule has 0 bridgehead atoms. The van der Waals surface area contributed by atoms with E-state index in [9.17, 15) is 4.79 Å². The second-order valence-corrected chi connectivity index (χ2v) is 5.49. The van der Waals surface area contributed by atoms with Crippen LogP contribution in [-0.2, 0) is 7.05 Å². The Bertz CT molecular complexity index is 788. The van der Waals surface area contributed by atoms with E-state index in [0.717, 1.165) is 26.5 Å². The predicted octanol–water partition coefficient (Wildman–Crippen LogP) is 2.70. The molecule has 96 valence electrons. The molecular weight excluding hydrogens is 262 g/mol. The summed E-state index contributed by atoms with van der Waals surface area (Å²) in [6.45, 7) is 1.97. The summed E-state index contributed by atoms with van der Waals surface area (Å²) in [6.07, 6.45) is 0. The second kappa shape index (κ2) is 4.17. The minimum absolute atomic E-state index is 0.0538. The first kappa shape index (κ1) is 11.9. The van der Waals surface area contributed by atoms with Crippen molar-refractivity contribution in [3.63, 3.8) is 0 Å². The van der Waals surface area contributed by atoms with E-state index in [2.05, 4.69) is 10.1 Å². The van der Waals surface area contributed by atoms with Crippen molar-refractivity contribution < 1.29 is 9.90 Å². The molecule has 0 radical (unpaired) electrons. The molecular formula is C13H11N3O2S. The molecule has 1 aromatic carbocycles. The molecule has 2 heterocycles. The highest BCUT2D eigenvalue weighted by Crippen LogP contribution is 2.28. The topological polar surface area (TPSA) is 68.0 Å². The second-order valence-electron chi connectivity index (χ2n) is 4.26. The third-order valence-electron chi connectivity index (χ3n) is 2.89. The van der Waals surface area contributed by atoms with Gasteiger partial charge < -0.3 is 5.11 Å². The number of aryl methyl sites for hydroxylation is 2. The van der Waals surface area contributed by atoms with Crippen molar-refractivity contribution in [3.8, 4) is 11.3 Å². The van der Waals surface area contributed by atoms with Crippen LogP contribution in [-0.4, -0.2) is 25.8 Å². The summed E-state index contributed by atoms with van der Waals surface area (Å²) in [5, 5.41) is 14.0. The molecule has 0 atom stereocenters. The molecule has 0 amide bonds. The summed E-state index contributed by atoms with van der Waals surface area (Å²) in [6, 6.07) is 7.48. The number of carboxylic acids is 1. The molecule has 0 aliphatic carbocycles. The lowest BCUT2D eigenvalue weighted by molar-refractivity contribution is 0.0689. The first-order valence-corrected chi connectivity index (χ1v) is 6.51. The molecule has 0 spiro atoms. The van der Waals surface area contributed by atoms with Crippen LogP contribution in [0.3, 0.4) is 0 Å². The Balaban J connectivity index is 2.15. The van der Waals surface area contributed by atoms with E-state index >= 15 is 0 Å². The van der Waals surface area contributed by atoms with Crippen molar-refractivity contribution in [1.29, 1.82) is 0 Å². The van der Waals surface area contributed by atoms with Crippen LogP contribution >= 0.6 is 11.3 Å². The Labute approximate surface area is 113 Å². The van der Waals surface area contributed by atoms with Gasteiger partial charge in [0.2, 0.25) is 0 Å². The summed E-state index contributed by atoms with van der Waals surface area (Å²) in [7, 11) is 1.74. The number of aromatic nitrogens is 3. The number of hydrogen-bond donors (Lipinski definition) is 1. The van der Waals surface area contributed by atoms with Gasteiger partial charge in [-0.25, -0.2) is 9.78 Å². The van der Waals surface area contributed by atoms with Crippen LogP contribution in [0.25, 0.3) is 21.5 Å². The molecule has 0 saturated carbocycles. The quantitative estimate of drug-likeness (QED) is 0.779. The number of rotatable bonds is 2. The van der Waals surface area contributed by atoms with Crippen molar-refractivity contribution >= 4 is 27.5 Å². The van der Waals surface area contributed by atoms with Crippen molar-refractivity contribution in [3.05, 3.63) is 35.0 Å². The van der Waals surface area contributed by atoms with E-state index in [4.69, 9.17) is 5.11 Å². The van der Waals surface area contributed by atoms with Crippen LogP contribution in [0.1, 0.15) is 15.5 Å². The Morgan fingerprint density at radius 1 is 1.37 bits per heavy atom. The van der Waals surface area contributed by atoms with Crippen LogP contribution in [0.2, 0.25) is 0 Å². The maximum atomic E-state index is 10.9. The van der Waals surface area contributed by atoms with Crippen LogP contribution in [0.5, 0.6) is 0 Å². The Morgan fingerprint density at radius 3 is 2.84 bits per heavy atom. The van der Waals surface area contributed by atoms with E-state index in [1.165, 1.54) is 0 Å². The van der Waals surface area contributed by atoms with Crippen LogP contribution in [0.15, 0.2) is 24.3 Å². The Morgan fingerprint density at radius 2 is 2.16 bits per heavy atom. The normalized spacial score (nSPS) is 11.1. The first-order valence-electron chi connectivity index (χ1n) is 5.69. The molecule has 0 fully saturated rings. The van der Waals surface area contributed by atoms with Crippen molar-refractivity contribution in [2.24, 2.45) is 7.05 Å². The van der Waals surface area contributed by atoms with Gasteiger partial charge in [-0.15, -0.1) is 11.3 Å². The average molecular weight is 273 g/mol. The number of benzene rings is 1. The lowest BCUT2D eigenvalue weighted by atomic mass is 10.1. The van der Waals surface area contributed by atoms with Gasteiger partial charge in [-0.2, -0.15) is 5.10 Å². The fourth-order valence-corrected chi connectivity index (χ4v) is 2.91. The standard InChI is InChI=1S/C13H11N3O2S/c1-7-14-9-4-3-8(5-12(9)19-7)11-6-10(13(17)18)15-16(11)2/h3-6H,1-2H3,(H,17,18). The van der Waals surface area contributed by atoms with Gasteiger partial charge in [0.05, 0.1) is 20.9 Å². The molecule has 3 aromatic rings. The molecule has 3 rings (SSSR count). The lowest BCUT2D eigenvalue weighted by Gasteiger charge is -2.01. The van der Waals surface area contributed by atoms with Crippen molar-refractivity contribution in [1.82, 2.24) is 14.8 Å². The van der Waals surface area contributed by atoms with E-state index in [-0.39, 0.29) is 5.69 Å². The molecule has 0 unspecified atom stereocenters. The zero-order valence-corrected chi connectivity index (χ0v) is 11.2. The highest BCUT2D eigenvalue weighted by atomic mass is 32.1. The molecule has 6 heteroatoms. The monoisotopic (exact) mass is 273 g/mol. The molecule has 19 heavy (non-hydrogen) atoms.